The lowest BCUT2D eigenvalue weighted by atomic mass is 10.1. The Kier molecular flexibility index (Phi) is 7.27. The summed E-state index contributed by atoms with van der Waals surface area (Å²) in [5.41, 5.74) is 3.35. The van der Waals surface area contributed by atoms with Gasteiger partial charge in [0.05, 0.1) is 18.9 Å². The van der Waals surface area contributed by atoms with Gasteiger partial charge in [-0.25, -0.2) is 9.97 Å². The second kappa shape index (κ2) is 10.3. The number of aromatic nitrogens is 2. The van der Waals surface area contributed by atoms with Crippen LogP contribution in [0.15, 0.2) is 60.7 Å². The lowest BCUT2D eigenvalue weighted by Gasteiger charge is -2.11. The van der Waals surface area contributed by atoms with Crippen molar-refractivity contribution in [2.45, 2.75) is 6.92 Å². The van der Waals surface area contributed by atoms with E-state index in [1.807, 2.05) is 67.6 Å². The van der Waals surface area contributed by atoms with Crippen LogP contribution in [0.1, 0.15) is 5.82 Å². The lowest BCUT2D eigenvalue weighted by Crippen LogP contribution is -2.19. The van der Waals surface area contributed by atoms with Crippen LogP contribution in [0, 0.1) is 6.92 Å². The minimum Gasteiger partial charge on any atom is -0.382 e. The molecule has 0 aliphatic heterocycles. The highest BCUT2D eigenvalue weighted by molar-refractivity contribution is 5.92. The summed E-state index contributed by atoms with van der Waals surface area (Å²) in [6.07, 6.45) is 0. The third kappa shape index (κ3) is 6.38. The molecule has 2 aromatic carbocycles. The van der Waals surface area contributed by atoms with E-state index in [9.17, 15) is 4.79 Å². The van der Waals surface area contributed by atoms with Gasteiger partial charge >= 0.3 is 0 Å². The third-order valence-corrected chi connectivity index (χ3v) is 3.99. The molecule has 2 N–H and O–H groups in total. The summed E-state index contributed by atoms with van der Waals surface area (Å²) in [6.45, 7) is 2.67. The summed E-state index contributed by atoms with van der Waals surface area (Å²) < 4.78 is 10.1. The number of carbonyl (C=O) groups excluding carboxylic acids is 1. The Morgan fingerprint density at radius 3 is 2.55 bits per heavy atom. The number of methoxy groups -OCH3 is 1. The highest BCUT2D eigenvalue weighted by Gasteiger charge is 2.07. The number of carbonyl (C=O) groups is 1. The number of nitrogens with one attached hydrogen (secondary N) is 2. The number of nitrogens with zero attached hydrogens (tertiary/aromatic N) is 2. The van der Waals surface area contributed by atoms with Crippen LogP contribution in [0.4, 0.5) is 17.2 Å². The van der Waals surface area contributed by atoms with Gasteiger partial charge in [-0.05, 0) is 25.1 Å². The Morgan fingerprint density at radius 2 is 1.76 bits per heavy atom. The third-order valence-electron chi connectivity index (χ3n) is 3.99. The van der Waals surface area contributed by atoms with Gasteiger partial charge in [0.25, 0.3) is 0 Å². The van der Waals surface area contributed by atoms with Gasteiger partial charge in [0.2, 0.25) is 5.91 Å². The first kappa shape index (κ1) is 20.4. The Labute approximate surface area is 170 Å². The summed E-state index contributed by atoms with van der Waals surface area (Å²) in [6, 6.07) is 19.3. The van der Waals surface area contributed by atoms with Gasteiger partial charge in [-0.15, -0.1) is 0 Å². The van der Waals surface area contributed by atoms with Crippen molar-refractivity contribution < 1.29 is 14.3 Å². The van der Waals surface area contributed by atoms with E-state index >= 15 is 0 Å². The van der Waals surface area contributed by atoms with E-state index in [-0.39, 0.29) is 12.5 Å². The van der Waals surface area contributed by atoms with Crippen molar-refractivity contribution in [3.05, 3.63) is 66.5 Å². The molecule has 0 atom stereocenters. The fraction of sp³-hybridized carbons (Fsp3) is 0.227. The number of ether oxygens (including phenoxy) is 2. The van der Waals surface area contributed by atoms with Crippen molar-refractivity contribution in [1.82, 2.24) is 9.97 Å². The monoisotopic (exact) mass is 392 g/mol. The molecule has 0 unspecified atom stereocenters. The zero-order chi connectivity index (χ0) is 20.5. The van der Waals surface area contributed by atoms with E-state index in [0.717, 1.165) is 16.9 Å². The van der Waals surface area contributed by atoms with E-state index in [1.54, 1.807) is 7.11 Å². The average Bonchev–Trinajstić information content (AvgIpc) is 2.72. The number of amides is 1. The Morgan fingerprint density at radius 1 is 0.966 bits per heavy atom. The molecule has 0 saturated heterocycles. The molecule has 3 aromatic rings. The van der Waals surface area contributed by atoms with Gasteiger partial charge in [-0.2, -0.15) is 0 Å². The zero-order valence-electron chi connectivity index (χ0n) is 16.5. The molecular formula is C22H24N4O3. The fourth-order valence-corrected chi connectivity index (χ4v) is 2.72. The minimum atomic E-state index is -0.220. The predicted molar refractivity (Wildman–Crippen MR) is 113 cm³/mol. The van der Waals surface area contributed by atoms with E-state index in [2.05, 4.69) is 20.6 Å². The number of rotatable bonds is 9. The second-order valence-corrected chi connectivity index (χ2v) is 6.35. The standard InChI is InChI=1S/C22H24N4O3/c1-16-23-20(17-7-4-3-5-8-17)14-21(24-16)25-18-9-6-10-19(13-18)26-22(27)15-29-12-11-28-2/h3-10,13-14H,11-12,15H2,1-2H3,(H,26,27)(H,23,24,25). The number of aryl methyl sites for hydroxylation is 1. The van der Waals surface area contributed by atoms with E-state index in [4.69, 9.17) is 9.47 Å². The minimum absolute atomic E-state index is 0.0213. The van der Waals surface area contributed by atoms with E-state index < -0.39 is 0 Å². The summed E-state index contributed by atoms with van der Waals surface area (Å²) in [7, 11) is 1.59. The first-order valence-electron chi connectivity index (χ1n) is 9.29. The summed E-state index contributed by atoms with van der Waals surface area (Å²) in [5, 5.41) is 6.09. The molecule has 1 heterocycles. The zero-order valence-corrected chi connectivity index (χ0v) is 16.5. The smallest absolute Gasteiger partial charge is 0.250 e. The summed E-state index contributed by atoms with van der Waals surface area (Å²) in [4.78, 5) is 20.9. The van der Waals surface area contributed by atoms with Crippen LogP contribution in [-0.4, -0.2) is 42.8 Å². The van der Waals surface area contributed by atoms with Crippen LogP contribution in [0.25, 0.3) is 11.3 Å². The second-order valence-electron chi connectivity index (χ2n) is 6.35. The molecule has 0 aliphatic rings. The molecule has 1 aromatic heterocycles. The lowest BCUT2D eigenvalue weighted by molar-refractivity contribution is -0.121. The molecule has 0 bridgehead atoms. The van der Waals surface area contributed by atoms with Crippen LogP contribution in [0.3, 0.4) is 0 Å². The topological polar surface area (TPSA) is 85.4 Å². The normalized spacial score (nSPS) is 10.6. The van der Waals surface area contributed by atoms with Crippen molar-refractivity contribution >= 4 is 23.1 Å². The van der Waals surface area contributed by atoms with Crippen LogP contribution in [0.2, 0.25) is 0 Å². The fourth-order valence-electron chi connectivity index (χ4n) is 2.72. The van der Waals surface area contributed by atoms with Crippen LogP contribution in [-0.2, 0) is 14.3 Å². The first-order valence-corrected chi connectivity index (χ1v) is 9.29. The van der Waals surface area contributed by atoms with Gasteiger partial charge in [-0.1, -0.05) is 36.4 Å². The molecule has 3 rings (SSSR count). The number of anilines is 3. The Balaban J connectivity index is 1.67. The van der Waals surface area contributed by atoms with Crippen LogP contribution >= 0.6 is 0 Å². The predicted octanol–water partition coefficient (Wildman–Crippen LogP) is 3.80. The van der Waals surface area contributed by atoms with Gasteiger partial charge in [0, 0.05) is 30.1 Å². The summed E-state index contributed by atoms with van der Waals surface area (Å²) >= 11 is 0. The van der Waals surface area contributed by atoms with Crippen molar-refractivity contribution in [3.8, 4) is 11.3 Å². The molecule has 0 fully saturated rings. The van der Waals surface area contributed by atoms with Crippen LogP contribution < -0.4 is 10.6 Å². The molecule has 7 heteroatoms. The number of benzene rings is 2. The largest absolute Gasteiger partial charge is 0.382 e. The Bertz CT molecular complexity index is 948. The molecule has 0 aliphatic carbocycles. The molecule has 0 radical (unpaired) electrons. The highest BCUT2D eigenvalue weighted by Crippen LogP contribution is 2.23. The van der Waals surface area contributed by atoms with Crippen LogP contribution in [0.5, 0.6) is 0 Å². The van der Waals surface area contributed by atoms with Gasteiger partial charge < -0.3 is 20.1 Å². The molecule has 7 nitrogen and oxygen atoms in total. The maximum atomic E-state index is 12.0. The maximum absolute atomic E-state index is 12.0. The number of hydrogen-bond acceptors (Lipinski definition) is 6. The van der Waals surface area contributed by atoms with Gasteiger partial charge in [0.15, 0.2) is 0 Å². The molecule has 150 valence electrons. The average molecular weight is 392 g/mol. The molecule has 29 heavy (non-hydrogen) atoms. The van der Waals surface area contributed by atoms with E-state index in [1.165, 1.54) is 0 Å². The van der Waals surface area contributed by atoms with Gasteiger partial charge in [-0.3, -0.25) is 4.79 Å². The van der Waals surface area contributed by atoms with Gasteiger partial charge in [0.1, 0.15) is 18.2 Å². The maximum Gasteiger partial charge on any atom is 0.250 e. The quantitative estimate of drug-likeness (QED) is 0.539. The SMILES string of the molecule is COCCOCC(=O)Nc1cccc(Nc2cc(-c3ccccc3)nc(C)n2)c1. The van der Waals surface area contributed by atoms with Crippen molar-refractivity contribution in [2.24, 2.45) is 0 Å². The highest BCUT2D eigenvalue weighted by atomic mass is 16.5. The molecule has 0 saturated carbocycles. The summed E-state index contributed by atoms with van der Waals surface area (Å²) in [5.74, 6) is 1.14. The van der Waals surface area contributed by atoms with Crippen molar-refractivity contribution in [1.29, 1.82) is 0 Å². The first-order chi connectivity index (χ1) is 14.1. The molecular weight excluding hydrogens is 368 g/mol. The van der Waals surface area contributed by atoms with Crippen molar-refractivity contribution in [3.63, 3.8) is 0 Å². The van der Waals surface area contributed by atoms with Crippen molar-refractivity contribution in [2.75, 3.05) is 37.6 Å². The number of hydrogen-bond donors (Lipinski definition) is 2. The molecule has 1 amide bonds. The molecule has 0 spiro atoms. The Hall–Kier alpha value is -3.29. The van der Waals surface area contributed by atoms with E-state index in [0.29, 0.717) is 30.5 Å².